The van der Waals surface area contributed by atoms with Gasteiger partial charge in [-0.2, -0.15) is 0 Å². The Labute approximate surface area is 218 Å². The number of carbonyl (C=O) groups is 2. The van der Waals surface area contributed by atoms with E-state index in [1.807, 2.05) is 11.0 Å². The predicted octanol–water partition coefficient (Wildman–Crippen LogP) is 1.86. The number of hydrogen-bond acceptors (Lipinski definition) is 7. The zero-order valence-electron chi connectivity index (χ0n) is 21.7. The maximum Gasteiger partial charge on any atom is 0.251 e. The van der Waals surface area contributed by atoms with E-state index >= 15 is 0 Å². The molecule has 0 unspecified atom stereocenters. The van der Waals surface area contributed by atoms with Gasteiger partial charge in [0.15, 0.2) is 0 Å². The highest BCUT2D eigenvalue weighted by molar-refractivity contribution is 5.95. The quantitative estimate of drug-likeness (QED) is 0.503. The molecular weight excluding hydrogens is 468 g/mol. The number of amides is 2. The fraction of sp³-hybridized carbons (Fsp3) is 0.536. The number of aliphatic hydroxyl groups excluding tert-OH is 1. The molecule has 2 aromatic rings. The van der Waals surface area contributed by atoms with Crippen molar-refractivity contribution < 1.29 is 14.7 Å². The van der Waals surface area contributed by atoms with E-state index in [0.29, 0.717) is 50.1 Å². The van der Waals surface area contributed by atoms with Gasteiger partial charge in [0.05, 0.1) is 6.10 Å². The molecule has 1 aliphatic carbocycles. The SMILES string of the molecule is CC(=O)N1CCN(c2cc(C(=O)NC[C@H](O)CN3CCc4ccccc4C3)cc(NC3CCC3)n2)CC1. The van der Waals surface area contributed by atoms with E-state index in [0.717, 1.165) is 38.2 Å². The first-order valence-corrected chi connectivity index (χ1v) is 13.5. The summed E-state index contributed by atoms with van der Waals surface area (Å²) in [5, 5.41) is 17.1. The molecule has 1 aromatic carbocycles. The van der Waals surface area contributed by atoms with Crippen LogP contribution in [0, 0.1) is 0 Å². The Morgan fingerprint density at radius 1 is 1.08 bits per heavy atom. The average Bonchev–Trinajstić information content (AvgIpc) is 2.89. The van der Waals surface area contributed by atoms with E-state index in [1.54, 1.807) is 13.0 Å². The van der Waals surface area contributed by atoms with Crippen molar-refractivity contribution in [2.24, 2.45) is 0 Å². The first-order chi connectivity index (χ1) is 17.9. The first-order valence-electron chi connectivity index (χ1n) is 13.5. The molecule has 1 saturated heterocycles. The molecule has 1 atom stereocenters. The number of anilines is 2. The van der Waals surface area contributed by atoms with Gasteiger partial charge >= 0.3 is 0 Å². The van der Waals surface area contributed by atoms with Gasteiger partial charge in [0, 0.05) is 70.9 Å². The third-order valence-corrected chi connectivity index (χ3v) is 7.76. The minimum absolute atomic E-state index is 0.0837. The smallest absolute Gasteiger partial charge is 0.251 e. The van der Waals surface area contributed by atoms with Gasteiger partial charge in [0.2, 0.25) is 5.91 Å². The van der Waals surface area contributed by atoms with Crippen LogP contribution < -0.4 is 15.5 Å². The van der Waals surface area contributed by atoms with Crippen molar-refractivity contribution in [3.63, 3.8) is 0 Å². The third-order valence-electron chi connectivity index (χ3n) is 7.76. The lowest BCUT2D eigenvalue weighted by molar-refractivity contribution is -0.129. The molecule has 5 rings (SSSR count). The lowest BCUT2D eigenvalue weighted by atomic mass is 9.93. The van der Waals surface area contributed by atoms with Crippen molar-refractivity contribution in [1.82, 2.24) is 20.1 Å². The van der Waals surface area contributed by atoms with Crippen molar-refractivity contribution in [1.29, 1.82) is 0 Å². The monoisotopic (exact) mass is 506 g/mol. The molecule has 0 bridgehead atoms. The maximum atomic E-state index is 13.1. The van der Waals surface area contributed by atoms with Crippen LogP contribution in [0.2, 0.25) is 0 Å². The molecule has 9 nitrogen and oxygen atoms in total. The second-order valence-electron chi connectivity index (χ2n) is 10.5. The summed E-state index contributed by atoms with van der Waals surface area (Å²) in [5.41, 5.74) is 3.22. The number of nitrogens with zero attached hydrogens (tertiary/aromatic N) is 4. The lowest BCUT2D eigenvalue weighted by Crippen LogP contribution is -2.48. The Hall–Kier alpha value is -3.17. The molecule has 3 N–H and O–H groups in total. The summed E-state index contributed by atoms with van der Waals surface area (Å²) in [4.78, 5) is 35.9. The van der Waals surface area contributed by atoms with Crippen molar-refractivity contribution in [2.75, 3.05) is 56.0 Å². The summed E-state index contributed by atoms with van der Waals surface area (Å²) in [6.07, 6.45) is 3.75. The van der Waals surface area contributed by atoms with Crippen LogP contribution in [-0.4, -0.2) is 89.7 Å². The number of piperazine rings is 1. The van der Waals surface area contributed by atoms with Crippen LogP contribution in [0.4, 0.5) is 11.6 Å². The summed E-state index contributed by atoms with van der Waals surface area (Å²) in [6.45, 7) is 6.68. The number of carbonyl (C=O) groups excluding carboxylic acids is 2. The summed E-state index contributed by atoms with van der Waals surface area (Å²) < 4.78 is 0. The van der Waals surface area contributed by atoms with Gasteiger partial charge in [-0.05, 0) is 48.9 Å². The number of nitrogens with one attached hydrogen (secondary N) is 2. The van der Waals surface area contributed by atoms with Crippen LogP contribution in [0.25, 0.3) is 0 Å². The molecular formula is C28H38N6O3. The molecule has 1 aromatic heterocycles. The van der Waals surface area contributed by atoms with Crippen LogP contribution >= 0.6 is 0 Å². The van der Waals surface area contributed by atoms with E-state index in [4.69, 9.17) is 4.98 Å². The predicted molar refractivity (Wildman–Crippen MR) is 144 cm³/mol. The first kappa shape index (κ1) is 25.5. The molecule has 9 heteroatoms. The highest BCUT2D eigenvalue weighted by atomic mass is 16.3. The summed E-state index contributed by atoms with van der Waals surface area (Å²) >= 11 is 0. The van der Waals surface area contributed by atoms with Gasteiger partial charge in [-0.15, -0.1) is 0 Å². The van der Waals surface area contributed by atoms with Crippen molar-refractivity contribution in [2.45, 2.75) is 51.3 Å². The van der Waals surface area contributed by atoms with Gasteiger partial charge in [-0.3, -0.25) is 14.5 Å². The largest absolute Gasteiger partial charge is 0.390 e. The highest BCUT2D eigenvalue weighted by Gasteiger charge is 2.24. The fourth-order valence-electron chi connectivity index (χ4n) is 5.28. The van der Waals surface area contributed by atoms with Crippen molar-refractivity contribution in [3.05, 3.63) is 53.1 Å². The van der Waals surface area contributed by atoms with Crippen LogP contribution in [-0.2, 0) is 17.8 Å². The Morgan fingerprint density at radius 3 is 2.54 bits per heavy atom. The number of hydrogen-bond donors (Lipinski definition) is 3. The van der Waals surface area contributed by atoms with Crippen LogP contribution in [0.5, 0.6) is 0 Å². The van der Waals surface area contributed by atoms with Crippen molar-refractivity contribution >= 4 is 23.5 Å². The summed E-state index contributed by atoms with van der Waals surface area (Å²) in [5.74, 6) is 1.31. The number of pyridine rings is 1. The number of benzene rings is 1. The maximum absolute atomic E-state index is 13.1. The minimum Gasteiger partial charge on any atom is -0.390 e. The van der Waals surface area contributed by atoms with Gasteiger partial charge in [-0.25, -0.2) is 4.98 Å². The molecule has 2 fully saturated rings. The summed E-state index contributed by atoms with van der Waals surface area (Å²) in [7, 11) is 0. The van der Waals surface area contributed by atoms with Gasteiger partial charge in [0.1, 0.15) is 11.6 Å². The fourth-order valence-corrected chi connectivity index (χ4v) is 5.28. The minimum atomic E-state index is -0.650. The van der Waals surface area contributed by atoms with Crippen LogP contribution in [0.3, 0.4) is 0 Å². The molecule has 198 valence electrons. The molecule has 1 saturated carbocycles. The number of β-amino-alcohol motifs (C(OH)–C–C–N with tert-alkyl or cyclic N) is 1. The van der Waals surface area contributed by atoms with Gasteiger partial charge < -0.3 is 25.5 Å². The topological polar surface area (TPSA) is 101 Å². The molecule has 0 spiro atoms. The van der Waals surface area contributed by atoms with E-state index in [2.05, 4.69) is 44.7 Å². The molecule has 37 heavy (non-hydrogen) atoms. The second kappa shape index (κ2) is 11.5. The molecule has 2 aliphatic heterocycles. The zero-order chi connectivity index (χ0) is 25.8. The Balaban J connectivity index is 1.20. The number of aromatic nitrogens is 1. The van der Waals surface area contributed by atoms with Crippen LogP contribution in [0.1, 0.15) is 47.7 Å². The highest BCUT2D eigenvalue weighted by Crippen LogP contribution is 2.26. The second-order valence-corrected chi connectivity index (χ2v) is 10.5. The van der Waals surface area contributed by atoms with Gasteiger partial charge in [-0.1, -0.05) is 24.3 Å². The zero-order valence-corrected chi connectivity index (χ0v) is 21.7. The van der Waals surface area contributed by atoms with E-state index in [9.17, 15) is 14.7 Å². The molecule has 0 radical (unpaired) electrons. The third kappa shape index (κ3) is 6.40. The lowest BCUT2D eigenvalue weighted by Gasteiger charge is -2.35. The Morgan fingerprint density at radius 2 is 1.84 bits per heavy atom. The average molecular weight is 507 g/mol. The number of aliphatic hydroxyl groups is 1. The standard InChI is InChI=1S/C28H38N6O3/c1-20(35)33-11-13-34(14-12-33)27-16-23(15-26(31-27)30-24-7-4-8-24)28(37)29-17-25(36)19-32-10-9-21-5-2-3-6-22(21)18-32/h2-3,5-6,15-16,24-25,36H,4,7-14,17-19H2,1H3,(H,29,37)(H,30,31)/t25-/m0/s1. The Kier molecular flexibility index (Phi) is 7.90. The van der Waals surface area contributed by atoms with E-state index < -0.39 is 6.10 Å². The number of fused-ring (bicyclic) bond motifs is 1. The molecule has 3 heterocycles. The van der Waals surface area contributed by atoms with E-state index in [-0.39, 0.29) is 18.4 Å². The normalized spacial score (nSPS) is 19.1. The number of rotatable bonds is 8. The Bertz CT molecular complexity index is 1110. The van der Waals surface area contributed by atoms with Crippen LogP contribution in [0.15, 0.2) is 36.4 Å². The van der Waals surface area contributed by atoms with E-state index in [1.165, 1.54) is 17.5 Å². The summed E-state index contributed by atoms with van der Waals surface area (Å²) in [6, 6.07) is 12.5. The molecule has 3 aliphatic rings. The van der Waals surface area contributed by atoms with Gasteiger partial charge in [0.25, 0.3) is 5.91 Å². The van der Waals surface area contributed by atoms with Crippen molar-refractivity contribution in [3.8, 4) is 0 Å². The molecule has 2 amide bonds.